The van der Waals surface area contributed by atoms with Crippen LogP contribution < -0.4 is 0 Å². The van der Waals surface area contributed by atoms with Crippen molar-refractivity contribution in [2.45, 2.75) is 182 Å². The van der Waals surface area contributed by atoms with Gasteiger partial charge in [-0.1, -0.05) is 41.5 Å². The Morgan fingerprint density at radius 2 is 1.06 bits per heavy atom. The smallest absolute Gasteiger partial charge is 0.430 e. The van der Waals surface area contributed by atoms with Crippen LogP contribution in [0.2, 0.25) is 0 Å². The number of carbonyl (C=O) groups excluding carboxylic acids is 1. The molecule has 0 bridgehead atoms. The molecule has 4 heterocycles. The minimum Gasteiger partial charge on any atom is -0.430 e. The van der Waals surface area contributed by atoms with Gasteiger partial charge in [-0.15, -0.1) is 0 Å². The number of aliphatic hydroxyl groups excluding tert-OH is 1. The van der Waals surface area contributed by atoms with Crippen molar-refractivity contribution in [1.82, 2.24) is 0 Å². The fourth-order valence-corrected chi connectivity index (χ4v) is 5.49. The Labute approximate surface area is 376 Å². The summed E-state index contributed by atoms with van der Waals surface area (Å²) in [4.78, 5) is 10.5. The highest BCUT2D eigenvalue weighted by Gasteiger charge is 2.43. The van der Waals surface area contributed by atoms with Crippen LogP contribution in [0.1, 0.15) is 128 Å². The minimum atomic E-state index is -0.612. The monoisotopic (exact) mass is 897 g/mol. The molecule has 0 spiro atoms. The van der Waals surface area contributed by atoms with Crippen LogP contribution in [0, 0.1) is 11.3 Å². The van der Waals surface area contributed by atoms with Gasteiger partial charge in [0, 0.05) is 12.0 Å². The highest BCUT2D eigenvalue weighted by molar-refractivity contribution is 5.61. The molecule has 10 atom stereocenters. The topological polar surface area (TPSA) is 164 Å². The van der Waals surface area contributed by atoms with Crippen molar-refractivity contribution in [3.8, 4) is 0 Å². The lowest BCUT2D eigenvalue weighted by atomic mass is 9.90. The van der Waals surface area contributed by atoms with Crippen LogP contribution in [0.25, 0.3) is 0 Å². The molecular weight excluding hydrogens is 805 g/mol. The van der Waals surface area contributed by atoms with Crippen molar-refractivity contribution in [2.24, 2.45) is 11.3 Å². The summed E-state index contributed by atoms with van der Waals surface area (Å²) in [6.45, 7) is 33.5. The zero-order chi connectivity index (χ0) is 46.0. The molecule has 5 rings (SSSR count). The maximum atomic E-state index is 10.5. The van der Waals surface area contributed by atoms with Crippen LogP contribution in [0.15, 0.2) is 0 Å². The van der Waals surface area contributed by atoms with E-state index in [-0.39, 0.29) is 30.3 Å². The maximum absolute atomic E-state index is 10.5. The second-order valence-corrected chi connectivity index (χ2v) is 17.3. The van der Waals surface area contributed by atoms with Crippen LogP contribution in [0.4, 0.5) is 4.79 Å². The molecule has 10 unspecified atom stereocenters. The number of hydrogen-bond acceptors (Lipinski definition) is 15. The van der Waals surface area contributed by atoms with Crippen LogP contribution in [-0.2, 0) is 61.6 Å². The van der Waals surface area contributed by atoms with Gasteiger partial charge < -0.3 is 66.7 Å². The van der Waals surface area contributed by atoms with Crippen LogP contribution in [0.3, 0.4) is 0 Å². The molecular formula is C47H92O15. The summed E-state index contributed by atoms with van der Waals surface area (Å²) in [5, 5.41) is 8.36. The first-order valence-corrected chi connectivity index (χ1v) is 23.9. The number of hydrogen-bond donors (Lipinski definition) is 1. The average molecular weight is 897 g/mol. The Hall–Kier alpha value is -1.21. The van der Waals surface area contributed by atoms with Crippen LogP contribution >= 0.6 is 0 Å². The van der Waals surface area contributed by atoms with E-state index in [1.54, 1.807) is 6.92 Å². The van der Waals surface area contributed by atoms with E-state index in [2.05, 4.69) is 60.1 Å². The molecule has 62 heavy (non-hydrogen) atoms. The summed E-state index contributed by atoms with van der Waals surface area (Å²) >= 11 is 0. The summed E-state index contributed by atoms with van der Waals surface area (Å²) in [5.41, 5.74) is 0.260. The first kappa shape index (κ1) is 58.8. The number of fused-ring (bicyclic) bond motifs is 1. The third-order valence-corrected chi connectivity index (χ3v) is 10.9. The van der Waals surface area contributed by atoms with Crippen molar-refractivity contribution in [3.05, 3.63) is 0 Å². The molecule has 5 fully saturated rings. The lowest BCUT2D eigenvalue weighted by Gasteiger charge is -2.37. The van der Waals surface area contributed by atoms with Gasteiger partial charge in [0.05, 0.1) is 135 Å². The highest BCUT2D eigenvalue weighted by Crippen LogP contribution is 2.39. The van der Waals surface area contributed by atoms with Crippen molar-refractivity contribution in [2.75, 3.05) is 106 Å². The second kappa shape index (κ2) is 36.9. The molecule has 0 amide bonds. The third-order valence-electron chi connectivity index (χ3n) is 10.9. The SMILES string of the molecule is CCC(C)O.CCC(C)OCCOCC1(C)COC1.CCC(C)OCCOCC1CCC2OC2C1.CCC(C)OCCOCC1CO1.CCC(C)OCCOCC1COC(=O)O1. The van der Waals surface area contributed by atoms with Gasteiger partial charge in [0.15, 0.2) is 6.10 Å². The molecule has 0 aromatic rings. The van der Waals surface area contributed by atoms with Crippen molar-refractivity contribution < 1.29 is 71.5 Å². The van der Waals surface area contributed by atoms with Gasteiger partial charge in [-0.2, -0.15) is 0 Å². The van der Waals surface area contributed by atoms with Crippen LogP contribution in [0.5, 0.6) is 0 Å². The summed E-state index contributed by atoms with van der Waals surface area (Å²) in [6, 6.07) is 0. The molecule has 4 saturated heterocycles. The Balaban J connectivity index is 0.000000400. The maximum Gasteiger partial charge on any atom is 0.508 e. The fraction of sp³-hybridized carbons (Fsp3) is 0.979. The molecule has 15 heteroatoms. The van der Waals surface area contributed by atoms with Gasteiger partial charge in [0.25, 0.3) is 0 Å². The Morgan fingerprint density at radius 3 is 1.44 bits per heavy atom. The van der Waals surface area contributed by atoms with Crippen molar-refractivity contribution in [3.63, 3.8) is 0 Å². The number of aliphatic hydroxyl groups is 1. The molecule has 15 nitrogen and oxygen atoms in total. The van der Waals surface area contributed by atoms with E-state index in [1.165, 1.54) is 19.3 Å². The van der Waals surface area contributed by atoms with E-state index >= 15 is 0 Å². The molecule has 5 aliphatic rings. The quantitative estimate of drug-likeness (QED) is 0.0444. The normalized spacial score (nSPS) is 25.0. The lowest BCUT2D eigenvalue weighted by Crippen LogP contribution is -2.43. The summed E-state index contributed by atoms with van der Waals surface area (Å²) in [6.07, 6.45) is 10.6. The number of rotatable bonds is 29. The fourth-order valence-electron chi connectivity index (χ4n) is 5.49. The Bertz CT molecular complexity index is 1030. The molecule has 0 radical (unpaired) electrons. The molecule has 1 aliphatic carbocycles. The second-order valence-electron chi connectivity index (χ2n) is 17.3. The predicted octanol–water partition coefficient (Wildman–Crippen LogP) is 7.59. The molecule has 1 saturated carbocycles. The van der Waals surface area contributed by atoms with Gasteiger partial charge in [0.2, 0.25) is 0 Å². The molecule has 0 aromatic heterocycles. The number of epoxide rings is 2. The van der Waals surface area contributed by atoms with E-state index in [1.807, 2.05) is 13.8 Å². The Kier molecular flexibility index (Phi) is 35.0. The highest BCUT2D eigenvalue weighted by atomic mass is 16.8. The summed E-state index contributed by atoms with van der Waals surface area (Å²) < 4.78 is 68.7. The number of ether oxygens (including phenoxy) is 13. The number of cyclic esters (lactones) is 2. The van der Waals surface area contributed by atoms with E-state index in [4.69, 9.17) is 61.9 Å². The van der Waals surface area contributed by atoms with E-state index in [0.717, 1.165) is 85.0 Å². The first-order valence-electron chi connectivity index (χ1n) is 23.9. The minimum absolute atomic E-state index is 0.116. The largest absolute Gasteiger partial charge is 0.508 e. The van der Waals surface area contributed by atoms with Crippen molar-refractivity contribution in [1.29, 1.82) is 0 Å². The van der Waals surface area contributed by atoms with E-state index < -0.39 is 6.16 Å². The first-order chi connectivity index (χ1) is 29.8. The zero-order valence-electron chi connectivity index (χ0n) is 40.9. The molecule has 1 N–H and O–H groups in total. The third kappa shape index (κ3) is 33.3. The molecule has 0 aromatic carbocycles. The average Bonchev–Trinajstić information content (AvgIpc) is 4.20. The number of carbonyl (C=O) groups is 1. The summed E-state index contributed by atoms with van der Waals surface area (Å²) in [5.74, 6) is 0.715. The van der Waals surface area contributed by atoms with Gasteiger partial charge in [0.1, 0.15) is 12.7 Å². The van der Waals surface area contributed by atoms with Crippen molar-refractivity contribution >= 4 is 6.16 Å². The zero-order valence-corrected chi connectivity index (χ0v) is 40.9. The Morgan fingerprint density at radius 1 is 0.613 bits per heavy atom. The summed E-state index contributed by atoms with van der Waals surface area (Å²) in [7, 11) is 0. The molecule has 4 aliphatic heterocycles. The van der Waals surface area contributed by atoms with Gasteiger partial charge >= 0.3 is 6.16 Å². The van der Waals surface area contributed by atoms with Gasteiger partial charge in [-0.05, 0) is 91.9 Å². The van der Waals surface area contributed by atoms with Gasteiger partial charge in [-0.3, -0.25) is 0 Å². The lowest BCUT2D eigenvalue weighted by molar-refractivity contribution is -0.141. The van der Waals surface area contributed by atoms with E-state index in [9.17, 15) is 4.79 Å². The molecule has 370 valence electrons. The predicted molar refractivity (Wildman–Crippen MR) is 239 cm³/mol. The standard InChI is InChI=1S/C13H24O3.C11H22O3.C10H18O5.C9H18O3.C4H10O/c1-3-10(2)15-7-6-14-9-11-4-5-12-13(8-11)16-12;1-4-10(2)14-6-5-12-7-11(3)8-13-9-11;1-3-8(2)13-5-4-12-6-9-7-14-10(11)15-9;1-3-8(2)11-5-4-10-6-9-7-12-9;1-3-4(2)5/h10-13H,3-9H2,1-2H3;10H,4-9H2,1-3H3;8-9H,3-7H2,1-2H3;8-9H,3-7H2,1-2H3;4-5H,3H2,1-2H3. The van der Waals surface area contributed by atoms with E-state index in [0.29, 0.717) is 88.8 Å². The van der Waals surface area contributed by atoms with Gasteiger partial charge in [-0.25, -0.2) is 4.79 Å². The van der Waals surface area contributed by atoms with Crippen LogP contribution in [-0.4, -0.2) is 172 Å².